The molecule has 0 unspecified atom stereocenters. The summed E-state index contributed by atoms with van der Waals surface area (Å²) in [5.41, 5.74) is 1.46. The van der Waals surface area contributed by atoms with E-state index in [2.05, 4.69) is 0 Å². The molecule has 0 spiro atoms. The first-order valence-electron chi connectivity index (χ1n) is 6.47. The van der Waals surface area contributed by atoms with E-state index in [0.29, 0.717) is 24.3 Å². The molecule has 0 aromatic heterocycles. The topological polar surface area (TPSA) is 29.5 Å². The first-order chi connectivity index (χ1) is 9.66. The Bertz CT molecular complexity index is 655. The maximum Gasteiger partial charge on any atom is 0.227 e. The van der Waals surface area contributed by atoms with Gasteiger partial charge in [-0.1, -0.05) is 24.3 Å². The van der Waals surface area contributed by atoms with E-state index in [4.69, 9.17) is 4.74 Å². The number of fused-ring (bicyclic) bond motifs is 1. The number of rotatable bonds is 2. The zero-order chi connectivity index (χ0) is 14.1. The molecule has 1 aliphatic rings. The lowest BCUT2D eigenvalue weighted by Crippen LogP contribution is -2.31. The molecule has 0 atom stereocenters. The lowest BCUT2D eigenvalue weighted by atomic mass is 10.0. The Morgan fingerprint density at radius 2 is 1.85 bits per heavy atom. The van der Waals surface area contributed by atoms with E-state index < -0.39 is 5.82 Å². The Labute approximate surface area is 116 Å². The Morgan fingerprint density at radius 1 is 1.10 bits per heavy atom. The smallest absolute Gasteiger partial charge is 0.227 e. The lowest BCUT2D eigenvalue weighted by Gasteiger charge is -2.28. The van der Waals surface area contributed by atoms with Crippen molar-refractivity contribution in [3.05, 3.63) is 53.8 Å². The summed E-state index contributed by atoms with van der Waals surface area (Å²) in [4.78, 5) is 13.3. The SMILES string of the molecule is CN1C(=O)CCc2ccc(F)c(Oc3ccccc3)c21. The number of hydrogen-bond acceptors (Lipinski definition) is 2. The highest BCUT2D eigenvalue weighted by molar-refractivity contribution is 5.97. The van der Waals surface area contributed by atoms with Crippen molar-refractivity contribution >= 4 is 11.6 Å². The van der Waals surface area contributed by atoms with Gasteiger partial charge in [-0.3, -0.25) is 4.79 Å². The molecule has 1 amide bonds. The second-order valence-corrected chi connectivity index (χ2v) is 4.75. The van der Waals surface area contributed by atoms with Gasteiger partial charge in [0.05, 0.1) is 5.69 Å². The fraction of sp³-hybridized carbons (Fsp3) is 0.188. The van der Waals surface area contributed by atoms with Crippen LogP contribution in [-0.4, -0.2) is 13.0 Å². The van der Waals surface area contributed by atoms with Crippen molar-refractivity contribution < 1.29 is 13.9 Å². The highest BCUT2D eigenvalue weighted by Gasteiger charge is 2.27. The molecule has 1 heterocycles. The molecule has 1 aliphatic heterocycles. The van der Waals surface area contributed by atoms with Crippen molar-refractivity contribution in [1.82, 2.24) is 0 Å². The maximum absolute atomic E-state index is 14.1. The third-order valence-corrected chi connectivity index (χ3v) is 3.45. The number of carbonyl (C=O) groups is 1. The minimum atomic E-state index is -0.464. The Balaban J connectivity index is 2.08. The Morgan fingerprint density at radius 3 is 2.60 bits per heavy atom. The molecular weight excluding hydrogens is 257 g/mol. The average molecular weight is 271 g/mol. The number of amides is 1. The molecular formula is C16H14FNO2. The Kier molecular flexibility index (Phi) is 3.14. The summed E-state index contributed by atoms with van der Waals surface area (Å²) in [6.07, 6.45) is 1.06. The molecule has 4 heteroatoms. The van der Waals surface area contributed by atoms with Crippen molar-refractivity contribution in [2.45, 2.75) is 12.8 Å². The fourth-order valence-electron chi connectivity index (χ4n) is 2.39. The predicted octanol–water partition coefficient (Wildman–Crippen LogP) is 3.53. The normalized spacial score (nSPS) is 14.1. The van der Waals surface area contributed by atoms with E-state index >= 15 is 0 Å². The molecule has 0 aliphatic carbocycles. The van der Waals surface area contributed by atoms with Gasteiger partial charge in [-0.05, 0) is 30.2 Å². The molecule has 0 N–H and O–H groups in total. The minimum absolute atomic E-state index is 0.0268. The summed E-state index contributed by atoms with van der Waals surface area (Å²) in [5, 5.41) is 0. The van der Waals surface area contributed by atoms with Crippen molar-refractivity contribution in [2.75, 3.05) is 11.9 Å². The minimum Gasteiger partial charge on any atom is -0.452 e. The van der Waals surface area contributed by atoms with Gasteiger partial charge in [-0.2, -0.15) is 0 Å². The molecule has 102 valence electrons. The number of anilines is 1. The predicted molar refractivity (Wildman–Crippen MR) is 74.6 cm³/mol. The van der Waals surface area contributed by atoms with E-state index in [1.54, 1.807) is 25.2 Å². The number of hydrogen-bond donors (Lipinski definition) is 0. The van der Waals surface area contributed by atoms with Crippen LogP contribution in [0.15, 0.2) is 42.5 Å². The molecule has 3 rings (SSSR count). The molecule has 0 saturated heterocycles. The van der Waals surface area contributed by atoms with Crippen LogP contribution in [0.25, 0.3) is 0 Å². The molecule has 2 aromatic carbocycles. The molecule has 0 saturated carbocycles. The number of halogens is 1. The van der Waals surface area contributed by atoms with Gasteiger partial charge in [0.1, 0.15) is 5.75 Å². The number of benzene rings is 2. The quantitative estimate of drug-likeness (QED) is 0.836. The number of ether oxygens (including phenoxy) is 1. The van der Waals surface area contributed by atoms with Gasteiger partial charge in [0.15, 0.2) is 11.6 Å². The molecule has 2 aromatic rings. The van der Waals surface area contributed by atoms with Crippen LogP contribution in [-0.2, 0) is 11.2 Å². The third kappa shape index (κ3) is 2.13. The zero-order valence-electron chi connectivity index (χ0n) is 11.1. The van der Waals surface area contributed by atoms with E-state index in [9.17, 15) is 9.18 Å². The largest absolute Gasteiger partial charge is 0.452 e. The van der Waals surface area contributed by atoms with Gasteiger partial charge < -0.3 is 9.64 Å². The van der Waals surface area contributed by atoms with Crippen LogP contribution in [0.3, 0.4) is 0 Å². The van der Waals surface area contributed by atoms with Crippen molar-refractivity contribution in [1.29, 1.82) is 0 Å². The summed E-state index contributed by atoms with van der Waals surface area (Å²) in [7, 11) is 1.65. The van der Waals surface area contributed by atoms with Crippen molar-refractivity contribution in [3.8, 4) is 11.5 Å². The highest BCUT2D eigenvalue weighted by Crippen LogP contribution is 2.40. The second kappa shape index (κ2) is 4.96. The summed E-state index contributed by atoms with van der Waals surface area (Å²) in [6, 6.07) is 12.1. The Hall–Kier alpha value is -2.36. The van der Waals surface area contributed by atoms with E-state index in [0.717, 1.165) is 5.56 Å². The van der Waals surface area contributed by atoms with Crippen molar-refractivity contribution in [3.63, 3.8) is 0 Å². The molecule has 0 radical (unpaired) electrons. The van der Waals surface area contributed by atoms with Gasteiger partial charge in [-0.15, -0.1) is 0 Å². The first kappa shape index (κ1) is 12.7. The van der Waals surface area contributed by atoms with E-state index in [1.807, 2.05) is 18.2 Å². The van der Waals surface area contributed by atoms with Crippen LogP contribution >= 0.6 is 0 Å². The van der Waals surface area contributed by atoms with Gasteiger partial charge in [0.2, 0.25) is 5.91 Å². The van der Waals surface area contributed by atoms with Crippen LogP contribution in [0.1, 0.15) is 12.0 Å². The van der Waals surface area contributed by atoms with Gasteiger partial charge >= 0.3 is 0 Å². The van der Waals surface area contributed by atoms with Crippen LogP contribution in [0, 0.1) is 5.82 Å². The highest BCUT2D eigenvalue weighted by atomic mass is 19.1. The summed E-state index contributed by atoms with van der Waals surface area (Å²) < 4.78 is 19.8. The lowest BCUT2D eigenvalue weighted by molar-refractivity contribution is -0.118. The van der Waals surface area contributed by atoms with Crippen LogP contribution in [0.5, 0.6) is 11.5 Å². The summed E-state index contributed by atoms with van der Waals surface area (Å²) in [5.74, 6) is 0.172. The second-order valence-electron chi connectivity index (χ2n) is 4.75. The standard InChI is InChI=1S/C16H14FNO2/c1-18-14(19)10-8-11-7-9-13(17)16(15(11)18)20-12-5-3-2-4-6-12/h2-7,9H,8,10H2,1H3. The van der Waals surface area contributed by atoms with E-state index in [-0.39, 0.29) is 11.7 Å². The van der Waals surface area contributed by atoms with Crippen molar-refractivity contribution in [2.24, 2.45) is 0 Å². The van der Waals surface area contributed by atoms with Gasteiger partial charge in [0, 0.05) is 13.5 Å². The number of para-hydroxylation sites is 1. The summed E-state index contributed by atoms with van der Waals surface area (Å²) >= 11 is 0. The monoisotopic (exact) mass is 271 g/mol. The molecule has 0 fully saturated rings. The van der Waals surface area contributed by atoms with Crippen LogP contribution in [0.4, 0.5) is 10.1 Å². The number of aryl methyl sites for hydroxylation is 1. The molecule has 3 nitrogen and oxygen atoms in total. The number of carbonyl (C=O) groups excluding carboxylic acids is 1. The fourth-order valence-corrected chi connectivity index (χ4v) is 2.39. The van der Waals surface area contributed by atoms with Gasteiger partial charge in [0.25, 0.3) is 0 Å². The van der Waals surface area contributed by atoms with Crippen LogP contribution < -0.4 is 9.64 Å². The first-order valence-corrected chi connectivity index (χ1v) is 6.47. The average Bonchev–Trinajstić information content (AvgIpc) is 2.47. The zero-order valence-corrected chi connectivity index (χ0v) is 11.1. The van der Waals surface area contributed by atoms with Gasteiger partial charge in [-0.25, -0.2) is 4.39 Å². The molecule has 0 bridgehead atoms. The maximum atomic E-state index is 14.1. The molecule has 20 heavy (non-hydrogen) atoms. The van der Waals surface area contributed by atoms with Crippen LogP contribution in [0.2, 0.25) is 0 Å². The number of nitrogens with zero attached hydrogens (tertiary/aromatic N) is 1. The van der Waals surface area contributed by atoms with E-state index in [1.165, 1.54) is 11.0 Å². The summed E-state index contributed by atoms with van der Waals surface area (Å²) in [6.45, 7) is 0. The third-order valence-electron chi connectivity index (χ3n) is 3.45.